The number of aryl methyl sites for hydroxylation is 1. The third kappa shape index (κ3) is 3.54. The van der Waals surface area contributed by atoms with Crippen molar-refractivity contribution in [3.63, 3.8) is 0 Å². The topological polar surface area (TPSA) is 29.5 Å². The molecule has 2 aromatic rings. The Morgan fingerprint density at radius 1 is 1.30 bits per heavy atom. The van der Waals surface area contributed by atoms with Gasteiger partial charge in [0, 0.05) is 14.5 Å². The molecule has 2 aromatic carbocycles. The molecular weight excluding hydrogens is 431 g/mol. The van der Waals surface area contributed by atoms with Gasteiger partial charge in [-0.3, -0.25) is 0 Å². The van der Waals surface area contributed by atoms with E-state index in [0.717, 1.165) is 24.9 Å². The van der Waals surface area contributed by atoms with Crippen molar-refractivity contribution in [1.29, 1.82) is 0 Å². The van der Waals surface area contributed by atoms with Crippen LogP contribution in [-0.2, 0) is 6.42 Å². The van der Waals surface area contributed by atoms with Crippen molar-refractivity contribution in [2.24, 2.45) is 0 Å². The minimum absolute atomic E-state index is 0.530. The molecule has 0 fully saturated rings. The van der Waals surface area contributed by atoms with Gasteiger partial charge in [0.2, 0.25) is 0 Å². The Morgan fingerprint density at radius 3 is 2.75 bits per heavy atom. The first-order valence-corrected chi connectivity index (χ1v) is 8.15. The smallest absolute Gasteiger partial charge is 0.122 e. The lowest BCUT2D eigenvalue weighted by atomic mass is 9.99. The molecule has 106 valence electrons. The van der Waals surface area contributed by atoms with Gasteiger partial charge >= 0.3 is 0 Å². The molecule has 1 unspecified atom stereocenters. The fourth-order valence-electron chi connectivity index (χ4n) is 2.15. The van der Waals surface area contributed by atoms with E-state index in [1.807, 2.05) is 30.3 Å². The number of hydrogen-bond acceptors (Lipinski definition) is 2. The van der Waals surface area contributed by atoms with Crippen LogP contribution < -0.4 is 4.74 Å². The van der Waals surface area contributed by atoms with Crippen molar-refractivity contribution in [2.75, 3.05) is 7.11 Å². The summed E-state index contributed by atoms with van der Waals surface area (Å²) < 4.78 is 7.46. The highest BCUT2D eigenvalue weighted by atomic mass is 127. The van der Waals surface area contributed by atoms with Crippen LogP contribution in [0.5, 0.6) is 5.75 Å². The summed E-state index contributed by atoms with van der Waals surface area (Å²) in [5.74, 6) is 0.801. The van der Waals surface area contributed by atoms with Gasteiger partial charge in [-0.1, -0.05) is 34.1 Å². The quantitative estimate of drug-likeness (QED) is 0.693. The van der Waals surface area contributed by atoms with Crippen molar-refractivity contribution in [1.82, 2.24) is 0 Å². The molecule has 4 heteroatoms. The molecule has 0 bridgehead atoms. The van der Waals surface area contributed by atoms with Crippen molar-refractivity contribution < 1.29 is 9.84 Å². The highest BCUT2D eigenvalue weighted by molar-refractivity contribution is 14.1. The van der Waals surface area contributed by atoms with E-state index in [2.05, 4.69) is 51.5 Å². The van der Waals surface area contributed by atoms with Crippen LogP contribution in [0, 0.1) is 10.5 Å². The highest BCUT2D eigenvalue weighted by Crippen LogP contribution is 2.30. The lowest BCUT2D eigenvalue weighted by Crippen LogP contribution is -2.06. The molecule has 2 nitrogen and oxygen atoms in total. The fraction of sp³-hybridized carbons (Fsp3) is 0.250. The van der Waals surface area contributed by atoms with Gasteiger partial charge in [-0.25, -0.2) is 0 Å². The zero-order valence-corrected chi connectivity index (χ0v) is 15.1. The van der Waals surface area contributed by atoms with Crippen LogP contribution >= 0.6 is 38.5 Å². The third-order valence-electron chi connectivity index (χ3n) is 3.24. The predicted molar refractivity (Wildman–Crippen MR) is 93.3 cm³/mol. The number of benzene rings is 2. The predicted octanol–water partition coefficient (Wildman–Crippen LogP) is 4.65. The van der Waals surface area contributed by atoms with Gasteiger partial charge in [0.05, 0.1) is 13.2 Å². The van der Waals surface area contributed by atoms with E-state index in [4.69, 9.17) is 4.74 Å². The number of methoxy groups -OCH3 is 1. The van der Waals surface area contributed by atoms with Crippen molar-refractivity contribution in [3.8, 4) is 5.75 Å². The summed E-state index contributed by atoms with van der Waals surface area (Å²) in [5.41, 5.74) is 3.14. The van der Waals surface area contributed by atoms with Crippen LogP contribution in [0.2, 0.25) is 0 Å². The minimum atomic E-state index is -0.537. The molecular formula is C16H16BrIO2. The molecule has 1 N–H and O–H groups in total. The average Bonchev–Trinajstić information content (AvgIpc) is 2.42. The molecule has 0 aliphatic rings. The number of hydrogen-bond donors (Lipinski definition) is 1. The van der Waals surface area contributed by atoms with E-state index in [1.165, 1.54) is 5.56 Å². The standard InChI is InChI=1S/C16H16BrIO2/c1-10-4-3-5-13(16(10)18)14(19)9-11-8-12(17)6-7-15(11)20-2/h3-8,14,19H,9H2,1-2H3. The lowest BCUT2D eigenvalue weighted by Gasteiger charge is -2.16. The molecule has 0 saturated carbocycles. The summed E-state index contributed by atoms with van der Waals surface area (Å²) >= 11 is 5.75. The van der Waals surface area contributed by atoms with Crippen molar-refractivity contribution in [3.05, 3.63) is 61.1 Å². The van der Waals surface area contributed by atoms with Crippen LogP contribution in [0.3, 0.4) is 0 Å². The first-order valence-electron chi connectivity index (χ1n) is 6.28. The Balaban J connectivity index is 2.30. The average molecular weight is 447 g/mol. The van der Waals surface area contributed by atoms with Gasteiger partial charge in [-0.15, -0.1) is 0 Å². The largest absolute Gasteiger partial charge is 0.496 e. The number of ether oxygens (including phenoxy) is 1. The van der Waals surface area contributed by atoms with Crippen LogP contribution in [0.4, 0.5) is 0 Å². The van der Waals surface area contributed by atoms with E-state index < -0.39 is 6.10 Å². The minimum Gasteiger partial charge on any atom is -0.496 e. The van der Waals surface area contributed by atoms with Crippen LogP contribution in [-0.4, -0.2) is 12.2 Å². The number of rotatable bonds is 4. The van der Waals surface area contributed by atoms with Crippen LogP contribution in [0.15, 0.2) is 40.9 Å². The molecule has 1 atom stereocenters. The molecule has 0 aliphatic carbocycles. The summed E-state index contributed by atoms with van der Waals surface area (Å²) in [5, 5.41) is 10.5. The Kier molecular flexibility index (Phi) is 5.46. The second-order valence-electron chi connectivity index (χ2n) is 4.65. The Morgan fingerprint density at radius 2 is 2.05 bits per heavy atom. The maximum atomic E-state index is 10.5. The van der Waals surface area contributed by atoms with Crippen LogP contribution in [0.25, 0.3) is 0 Å². The maximum Gasteiger partial charge on any atom is 0.122 e. The van der Waals surface area contributed by atoms with Gasteiger partial charge in [0.25, 0.3) is 0 Å². The zero-order valence-electron chi connectivity index (χ0n) is 11.4. The zero-order chi connectivity index (χ0) is 14.7. The van der Waals surface area contributed by atoms with Crippen molar-refractivity contribution >= 4 is 38.5 Å². The summed E-state index contributed by atoms with van der Waals surface area (Å²) in [4.78, 5) is 0. The summed E-state index contributed by atoms with van der Waals surface area (Å²) in [6.07, 6.45) is -0.00721. The first kappa shape index (κ1) is 15.8. The molecule has 20 heavy (non-hydrogen) atoms. The Bertz CT molecular complexity index is 613. The number of aliphatic hydroxyl groups is 1. The van der Waals surface area contributed by atoms with E-state index in [9.17, 15) is 5.11 Å². The second kappa shape index (κ2) is 6.91. The first-order chi connectivity index (χ1) is 9.52. The molecule has 0 spiro atoms. The fourth-order valence-corrected chi connectivity index (χ4v) is 3.28. The summed E-state index contributed by atoms with van der Waals surface area (Å²) in [7, 11) is 1.65. The molecule has 0 aliphatic heterocycles. The van der Waals surface area contributed by atoms with Gasteiger partial charge in [-0.05, 0) is 64.4 Å². The number of halogens is 2. The molecule has 0 radical (unpaired) electrons. The third-order valence-corrected chi connectivity index (χ3v) is 5.20. The van der Waals surface area contributed by atoms with Crippen molar-refractivity contribution in [2.45, 2.75) is 19.4 Å². The van der Waals surface area contributed by atoms with E-state index in [1.54, 1.807) is 7.11 Å². The monoisotopic (exact) mass is 446 g/mol. The molecule has 0 amide bonds. The maximum absolute atomic E-state index is 10.5. The Labute approximate surface area is 141 Å². The van der Waals surface area contributed by atoms with Crippen LogP contribution in [0.1, 0.15) is 22.8 Å². The normalized spacial score (nSPS) is 12.2. The second-order valence-corrected chi connectivity index (χ2v) is 6.65. The summed E-state index contributed by atoms with van der Waals surface area (Å²) in [6.45, 7) is 2.05. The molecule has 2 rings (SSSR count). The van der Waals surface area contributed by atoms with E-state index in [-0.39, 0.29) is 0 Å². The van der Waals surface area contributed by atoms with Gasteiger partial charge in [0.1, 0.15) is 5.75 Å². The molecule has 0 aromatic heterocycles. The van der Waals surface area contributed by atoms with E-state index >= 15 is 0 Å². The SMILES string of the molecule is COc1ccc(Br)cc1CC(O)c1cccc(C)c1I. The highest BCUT2D eigenvalue weighted by Gasteiger charge is 2.15. The van der Waals surface area contributed by atoms with Gasteiger partial charge in [0.15, 0.2) is 0 Å². The van der Waals surface area contributed by atoms with Gasteiger partial charge < -0.3 is 9.84 Å². The summed E-state index contributed by atoms with van der Waals surface area (Å²) in [6, 6.07) is 11.8. The molecule has 0 heterocycles. The Hall–Kier alpha value is -0.590. The van der Waals surface area contributed by atoms with E-state index in [0.29, 0.717) is 6.42 Å². The number of aliphatic hydroxyl groups excluding tert-OH is 1. The molecule has 0 saturated heterocycles. The van der Waals surface area contributed by atoms with Gasteiger partial charge in [-0.2, -0.15) is 0 Å². The lowest BCUT2D eigenvalue weighted by molar-refractivity contribution is 0.176.